The van der Waals surface area contributed by atoms with Crippen LogP contribution in [-0.2, 0) is 16.0 Å². The Morgan fingerprint density at radius 2 is 2.13 bits per heavy atom. The van der Waals surface area contributed by atoms with Crippen molar-refractivity contribution in [3.8, 4) is 5.75 Å². The van der Waals surface area contributed by atoms with E-state index in [1.807, 2.05) is 29.2 Å². The summed E-state index contributed by atoms with van der Waals surface area (Å²) in [5.74, 6) is 1.09. The van der Waals surface area contributed by atoms with Gasteiger partial charge in [0.2, 0.25) is 5.91 Å². The van der Waals surface area contributed by atoms with E-state index >= 15 is 0 Å². The maximum atomic E-state index is 12.6. The zero-order valence-corrected chi connectivity index (χ0v) is 14.0. The number of methoxy groups -OCH3 is 1. The van der Waals surface area contributed by atoms with E-state index in [1.165, 1.54) is 0 Å². The Hall–Kier alpha value is -1.59. The van der Waals surface area contributed by atoms with Crippen molar-refractivity contribution in [1.29, 1.82) is 0 Å². The molecule has 1 amide bonds. The van der Waals surface area contributed by atoms with Crippen LogP contribution in [0, 0.1) is 0 Å². The number of hydrogen-bond donors (Lipinski definition) is 0. The molecule has 3 rings (SSSR count). The van der Waals surface area contributed by atoms with E-state index in [2.05, 4.69) is 11.8 Å². The van der Waals surface area contributed by atoms with Crippen LogP contribution in [0.4, 0.5) is 0 Å². The lowest BCUT2D eigenvalue weighted by Gasteiger charge is -2.47. The molecule has 2 atom stereocenters. The Balaban J connectivity index is 1.55. The summed E-state index contributed by atoms with van der Waals surface area (Å²) in [5, 5.41) is 0. The molecular weight excluding hydrogens is 292 g/mol. The van der Waals surface area contributed by atoms with Gasteiger partial charge in [-0.15, -0.1) is 0 Å². The molecule has 0 N–H and O–H groups in total. The molecule has 2 aliphatic rings. The summed E-state index contributed by atoms with van der Waals surface area (Å²) in [4.78, 5) is 17.0. The molecule has 2 saturated heterocycles. The molecule has 0 unspecified atom stereocenters. The minimum absolute atomic E-state index is 0.230. The van der Waals surface area contributed by atoms with E-state index in [9.17, 15) is 4.79 Å². The molecule has 0 bridgehead atoms. The summed E-state index contributed by atoms with van der Waals surface area (Å²) < 4.78 is 11.0. The Labute approximate surface area is 138 Å². The molecule has 5 nitrogen and oxygen atoms in total. The van der Waals surface area contributed by atoms with Crippen molar-refractivity contribution in [2.24, 2.45) is 0 Å². The highest BCUT2D eigenvalue weighted by molar-refractivity contribution is 5.76. The van der Waals surface area contributed by atoms with Gasteiger partial charge >= 0.3 is 0 Å². The molecule has 2 fully saturated rings. The quantitative estimate of drug-likeness (QED) is 0.845. The van der Waals surface area contributed by atoms with Crippen LogP contribution in [0.1, 0.15) is 18.9 Å². The molecule has 2 aliphatic heterocycles. The van der Waals surface area contributed by atoms with Crippen molar-refractivity contribution in [3.63, 3.8) is 0 Å². The number of rotatable bonds is 4. The summed E-state index contributed by atoms with van der Waals surface area (Å²) in [5.41, 5.74) is 1.09. The van der Waals surface area contributed by atoms with E-state index < -0.39 is 0 Å². The molecule has 1 aromatic carbocycles. The fourth-order valence-electron chi connectivity index (χ4n) is 3.60. The van der Waals surface area contributed by atoms with Crippen LogP contribution >= 0.6 is 0 Å². The van der Waals surface area contributed by atoms with Crippen LogP contribution < -0.4 is 4.74 Å². The maximum Gasteiger partial charge on any atom is 0.223 e. The van der Waals surface area contributed by atoms with Crippen molar-refractivity contribution in [3.05, 3.63) is 29.8 Å². The van der Waals surface area contributed by atoms with Gasteiger partial charge in [-0.2, -0.15) is 0 Å². The third-order valence-corrected chi connectivity index (χ3v) is 4.92. The lowest BCUT2D eigenvalue weighted by atomic mass is 10.1. The SMILES string of the molecule is COc1ccccc1CCC(=O)N1CCN2[C@@H](COC[C@@H]2C)C1. The molecular formula is C18H26N2O3. The lowest BCUT2D eigenvalue weighted by Crippen LogP contribution is -2.62. The van der Waals surface area contributed by atoms with Gasteiger partial charge in [0, 0.05) is 32.1 Å². The largest absolute Gasteiger partial charge is 0.496 e. The number of amides is 1. The number of para-hydroxylation sites is 1. The molecule has 2 heterocycles. The van der Waals surface area contributed by atoms with Crippen LogP contribution in [0.15, 0.2) is 24.3 Å². The number of piperazine rings is 1. The maximum absolute atomic E-state index is 12.6. The van der Waals surface area contributed by atoms with E-state index in [0.29, 0.717) is 18.5 Å². The van der Waals surface area contributed by atoms with E-state index in [-0.39, 0.29) is 5.91 Å². The topological polar surface area (TPSA) is 42.0 Å². The van der Waals surface area contributed by atoms with Gasteiger partial charge in [0.05, 0.1) is 26.4 Å². The smallest absolute Gasteiger partial charge is 0.223 e. The molecule has 23 heavy (non-hydrogen) atoms. The minimum Gasteiger partial charge on any atom is -0.496 e. The Kier molecular flexibility index (Phi) is 5.18. The van der Waals surface area contributed by atoms with Gasteiger partial charge in [0.1, 0.15) is 5.75 Å². The number of nitrogens with zero attached hydrogens (tertiary/aromatic N) is 2. The number of fused-ring (bicyclic) bond motifs is 1. The molecule has 0 spiro atoms. The summed E-state index contributed by atoms with van der Waals surface area (Å²) in [6.45, 7) is 6.31. The van der Waals surface area contributed by atoms with Crippen LogP contribution in [-0.4, -0.2) is 67.7 Å². The monoisotopic (exact) mass is 318 g/mol. The van der Waals surface area contributed by atoms with E-state index in [0.717, 1.165) is 50.6 Å². The zero-order chi connectivity index (χ0) is 16.2. The van der Waals surface area contributed by atoms with Crippen LogP contribution in [0.3, 0.4) is 0 Å². The standard InChI is InChI=1S/C18H26N2O3/c1-14-12-23-13-16-11-19(9-10-20(14)16)18(21)8-7-15-5-3-4-6-17(15)22-2/h3-6,14,16H,7-13H2,1-2H3/t14-,16+/m0/s1. The summed E-state index contributed by atoms with van der Waals surface area (Å²) in [6, 6.07) is 8.72. The van der Waals surface area contributed by atoms with Crippen molar-refractivity contribution < 1.29 is 14.3 Å². The fourth-order valence-corrected chi connectivity index (χ4v) is 3.60. The number of ether oxygens (including phenoxy) is 2. The van der Waals surface area contributed by atoms with Gasteiger partial charge in [-0.25, -0.2) is 0 Å². The Morgan fingerprint density at radius 1 is 1.30 bits per heavy atom. The van der Waals surface area contributed by atoms with Gasteiger partial charge < -0.3 is 14.4 Å². The highest BCUT2D eigenvalue weighted by Gasteiger charge is 2.34. The lowest BCUT2D eigenvalue weighted by molar-refractivity contribution is -0.139. The first-order chi connectivity index (χ1) is 11.2. The third kappa shape index (κ3) is 3.67. The first-order valence-electron chi connectivity index (χ1n) is 8.42. The molecule has 0 aliphatic carbocycles. The molecule has 1 aromatic rings. The molecule has 0 aromatic heterocycles. The number of hydrogen-bond acceptors (Lipinski definition) is 4. The van der Waals surface area contributed by atoms with Crippen LogP contribution in [0.2, 0.25) is 0 Å². The van der Waals surface area contributed by atoms with E-state index in [1.54, 1.807) is 7.11 Å². The highest BCUT2D eigenvalue weighted by atomic mass is 16.5. The second-order valence-electron chi connectivity index (χ2n) is 6.43. The normalized spacial score (nSPS) is 25.0. The fraction of sp³-hybridized carbons (Fsp3) is 0.611. The van der Waals surface area contributed by atoms with Crippen LogP contribution in [0.5, 0.6) is 5.75 Å². The van der Waals surface area contributed by atoms with Gasteiger partial charge in [0.25, 0.3) is 0 Å². The van der Waals surface area contributed by atoms with E-state index in [4.69, 9.17) is 9.47 Å². The number of aryl methyl sites for hydroxylation is 1. The van der Waals surface area contributed by atoms with Gasteiger partial charge in [0.15, 0.2) is 0 Å². The average molecular weight is 318 g/mol. The summed E-state index contributed by atoms with van der Waals surface area (Å²) in [6.07, 6.45) is 1.25. The van der Waals surface area contributed by atoms with Gasteiger partial charge in [-0.3, -0.25) is 9.69 Å². The predicted octanol–water partition coefficient (Wildman–Crippen LogP) is 1.56. The second kappa shape index (κ2) is 7.32. The summed E-state index contributed by atoms with van der Waals surface area (Å²) >= 11 is 0. The number of carbonyl (C=O) groups excluding carboxylic acids is 1. The first-order valence-corrected chi connectivity index (χ1v) is 8.42. The van der Waals surface area contributed by atoms with Crippen molar-refractivity contribution in [2.75, 3.05) is 40.0 Å². The average Bonchev–Trinajstić information content (AvgIpc) is 2.59. The van der Waals surface area contributed by atoms with Crippen molar-refractivity contribution in [2.45, 2.75) is 31.8 Å². The Morgan fingerprint density at radius 3 is 2.96 bits per heavy atom. The third-order valence-electron chi connectivity index (χ3n) is 4.92. The van der Waals surface area contributed by atoms with Crippen LogP contribution in [0.25, 0.3) is 0 Å². The predicted molar refractivity (Wildman–Crippen MR) is 88.7 cm³/mol. The first kappa shape index (κ1) is 16.3. The van der Waals surface area contributed by atoms with Gasteiger partial charge in [-0.1, -0.05) is 18.2 Å². The van der Waals surface area contributed by atoms with Gasteiger partial charge in [-0.05, 0) is 25.0 Å². The van der Waals surface area contributed by atoms with Crippen molar-refractivity contribution >= 4 is 5.91 Å². The zero-order valence-electron chi connectivity index (χ0n) is 14.0. The minimum atomic E-state index is 0.230. The number of morpholine rings is 1. The Bertz CT molecular complexity index is 549. The molecule has 126 valence electrons. The highest BCUT2D eigenvalue weighted by Crippen LogP contribution is 2.21. The number of carbonyl (C=O) groups is 1. The summed E-state index contributed by atoms with van der Waals surface area (Å²) in [7, 11) is 1.67. The molecule has 0 radical (unpaired) electrons. The molecule has 0 saturated carbocycles. The number of benzene rings is 1. The van der Waals surface area contributed by atoms with Crippen molar-refractivity contribution in [1.82, 2.24) is 9.80 Å². The molecule has 5 heteroatoms. The second-order valence-corrected chi connectivity index (χ2v) is 6.43.